The molecule has 144 valence electrons. The van der Waals surface area contributed by atoms with Crippen molar-refractivity contribution in [2.45, 2.75) is 103 Å². The average molecular weight is 347 g/mol. The smallest absolute Gasteiger partial charge is 0.0603 e. The van der Waals surface area contributed by atoms with Gasteiger partial charge in [0.25, 0.3) is 0 Å². The molecule has 0 aromatic carbocycles. The van der Waals surface area contributed by atoms with Gasteiger partial charge in [0.1, 0.15) is 0 Å². The Balaban J connectivity index is 1.34. The zero-order valence-corrected chi connectivity index (χ0v) is 16.9. The number of rotatable bonds is 6. The van der Waals surface area contributed by atoms with Gasteiger partial charge in [-0.1, -0.05) is 58.1 Å². The van der Waals surface area contributed by atoms with Crippen LogP contribution in [-0.2, 0) is 4.74 Å². The Hall–Kier alpha value is -0.300. The van der Waals surface area contributed by atoms with Gasteiger partial charge in [-0.3, -0.25) is 0 Å². The SMILES string of the molecule is CCCC1CCC(C2CCC(C=CC3CCC(CC)CC3)CO2)CC1. The van der Waals surface area contributed by atoms with Crippen LogP contribution in [0.5, 0.6) is 0 Å². The lowest BCUT2D eigenvalue weighted by molar-refractivity contribution is -0.0494. The topological polar surface area (TPSA) is 9.23 Å². The van der Waals surface area contributed by atoms with Crippen LogP contribution in [0.15, 0.2) is 12.2 Å². The molecule has 3 rings (SSSR count). The summed E-state index contributed by atoms with van der Waals surface area (Å²) in [6.45, 7) is 5.67. The standard InChI is InChI=1S/C24H42O/c1-3-5-20-12-15-23(16-13-20)24-17-14-22(18-25-24)11-10-21-8-6-19(4-2)7-9-21/h10-11,19-24H,3-9,12-18H2,1-2H3. The first-order valence-electron chi connectivity index (χ1n) is 11.6. The van der Waals surface area contributed by atoms with E-state index in [0.29, 0.717) is 12.0 Å². The summed E-state index contributed by atoms with van der Waals surface area (Å²) in [6, 6.07) is 0. The Morgan fingerprint density at radius 2 is 1.36 bits per heavy atom. The zero-order valence-electron chi connectivity index (χ0n) is 16.9. The predicted molar refractivity (Wildman–Crippen MR) is 108 cm³/mol. The molecule has 0 bridgehead atoms. The van der Waals surface area contributed by atoms with Crippen LogP contribution in [-0.4, -0.2) is 12.7 Å². The van der Waals surface area contributed by atoms with Crippen molar-refractivity contribution in [3.8, 4) is 0 Å². The van der Waals surface area contributed by atoms with Gasteiger partial charge in [-0.25, -0.2) is 0 Å². The Bertz CT molecular complexity index is 377. The van der Waals surface area contributed by atoms with Crippen molar-refractivity contribution in [3.05, 3.63) is 12.2 Å². The third-order valence-corrected chi connectivity index (χ3v) is 7.58. The molecule has 2 saturated carbocycles. The van der Waals surface area contributed by atoms with Gasteiger partial charge in [0, 0.05) is 5.92 Å². The molecule has 3 fully saturated rings. The molecule has 1 heterocycles. The quantitative estimate of drug-likeness (QED) is 0.463. The molecule has 0 N–H and O–H groups in total. The summed E-state index contributed by atoms with van der Waals surface area (Å²) in [5.74, 6) is 4.44. The van der Waals surface area contributed by atoms with Crippen LogP contribution in [0, 0.1) is 29.6 Å². The van der Waals surface area contributed by atoms with Gasteiger partial charge in [-0.05, 0) is 75.0 Å². The zero-order chi connectivity index (χ0) is 17.5. The normalized spacial score (nSPS) is 40.4. The summed E-state index contributed by atoms with van der Waals surface area (Å²) in [7, 11) is 0. The first-order chi connectivity index (χ1) is 12.3. The molecule has 0 radical (unpaired) electrons. The fourth-order valence-corrected chi connectivity index (χ4v) is 5.68. The molecule has 1 heteroatoms. The summed E-state index contributed by atoms with van der Waals surface area (Å²) in [5, 5.41) is 0. The molecule has 2 aliphatic carbocycles. The second kappa shape index (κ2) is 10.1. The summed E-state index contributed by atoms with van der Waals surface area (Å²) in [5.41, 5.74) is 0. The maximum absolute atomic E-state index is 6.35. The molecule has 0 aromatic heterocycles. The third kappa shape index (κ3) is 5.84. The third-order valence-electron chi connectivity index (χ3n) is 7.58. The molecule has 1 saturated heterocycles. The van der Waals surface area contributed by atoms with E-state index in [9.17, 15) is 0 Å². The largest absolute Gasteiger partial charge is 0.377 e. The molecule has 0 aromatic rings. The first-order valence-corrected chi connectivity index (χ1v) is 11.6. The van der Waals surface area contributed by atoms with Crippen molar-refractivity contribution >= 4 is 0 Å². The van der Waals surface area contributed by atoms with Gasteiger partial charge in [-0.2, -0.15) is 0 Å². The lowest BCUT2D eigenvalue weighted by atomic mass is 9.76. The Morgan fingerprint density at radius 3 is 1.96 bits per heavy atom. The first kappa shape index (κ1) is 19.5. The van der Waals surface area contributed by atoms with Crippen LogP contribution in [0.25, 0.3) is 0 Å². The number of hydrogen-bond acceptors (Lipinski definition) is 1. The molecular formula is C24H42O. The molecule has 1 nitrogen and oxygen atoms in total. The molecule has 25 heavy (non-hydrogen) atoms. The van der Waals surface area contributed by atoms with E-state index in [2.05, 4.69) is 26.0 Å². The van der Waals surface area contributed by atoms with Crippen LogP contribution in [0.3, 0.4) is 0 Å². The maximum atomic E-state index is 6.35. The second-order valence-electron chi connectivity index (χ2n) is 9.35. The highest BCUT2D eigenvalue weighted by molar-refractivity contribution is 4.96. The second-order valence-corrected chi connectivity index (χ2v) is 9.35. The van der Waals surface area contributed by atoms with E-state index < -0.39 is 0 Å². The minimum atomic E-state index is 0.576. The van der Waals surface area contributed by atoms with Gasteiger partial charge >= 0.3 is 0 Å². The maximum Gasteiger partial charge on any atom is 0.0603 e. The van der Waals surface area contributed by atoms with Gasteiger partial charge in [0.2, 0.25) is 0 Å². The molecule has 3 aliphatic rings. The van der Waals surface area contributed by atoms with Gasteiger partial charge in [0.05, 0.1) is 12.7 Å². The monoisotopic (exact) mass is 346 g/mol. The fourth-order valence-electron chi connectivity index (χ4n) is 5.68. The van der Waals surface area contributed by atoms with Gasteiger partial charge in [-0.15, -0.1) is 0 Å². The number of allylic oxidation sites excluding steroid dienone is 1. The molecule has 2 unspecified atom stereocenters. The molecular weight excluding hydrogens is 304 g/mol. The van der Waals surface area contributed by atoms with E-state index in [1.165, 1.54) is 83.5 Å². The predicted octanol–water partition coefficient (Wildman–Crippen LogP) is 7.16. The average Bonchev–Trinajstić information content (AvgIpc) is 2.68. The Labute approximate surface area is 157 Å². The summed E-state index contributed by atoms with van der Waals surface area (Å²) in [4.78, 5) is 0. The van der Waals surface area contributed by atoms with Crippen molar-refractivity contribution in [2.24, 2.45) is 29.6 Å². The summed E-state index contributed by atoms with van der Waals surface area (Å²) in [6.07, 6.45) is 24.0. The fraction of sp³-hybridized carbons (Fsp3) is 0.917. The van der Waals surface area contributed by atoms with Crippen molar-refractivity contribution in [1.29, 1.82) is 0 Å². The van der Waals surface area contributed by atoms with Crippen LogP contribution >= 0.6 is 0 Å². The van der Waals surface area contributed by atoms with Gasteiger partial charge < -0.3 is 4.74 Å². The lowest BCUT2D eigenvalue weighted by Crippen LogP contribution is -2.33. The molecule has 1 aliphatic heterocycles. The highest BCUT2D eigenvalue weighted by atomic mass is 16.5. The van der Waals surface area contributed by atoms with Crippen molar-refractivity contribution in [2.75, 3.05) is 6.61 Å². The van der Waals surface area contributed by atoms with Crippen LogP contribution in [0.4, 0.5) is 0 Å². The van der Waals surface area contributed by atoms with E-state index in [0.717, 1.165) is 30.3 Å². The lowest BCUT2D eigenvalue weighted by Gasteiger charge is -2.37. The summed E-state index contributed by atoms with van der Waals surface area (Å²) >= 11 is 0. The summed E-state index contributed by atoms with van der Waals surface area (Å²) < 4.78 is 6.35. The van der Waals surface area contributed by atoms with Crippen LogP contribution in [0.1, 0.15) is 97.3 Å². The van der Waals surface area contributed by atoms with Crippen molar-refractivity contribution in [1.82, 2.24) is 0 Å². The Morgan fingerprint density at radius 1 is 0.720 bits per heavy atom. The van der Waals surface area contributed by atoms with E-state index in [-0.39, 0.29) is 0 Å². The van der Waals surface area contributed by atoms with E-state index in [4.69, 9.17) is 4.74 Å². The minimum absolute atomic E-state index is 0.576. The van der Waals surface area contributed by atoms with Crippen LogP contribution in [0.2, 0.25) is 0 Å². The van der Waals surface area contributed by atoms with E-state index in [1.54, 1.807) is 0 Å². The van der Waals surface area contributed by atoms with E-state index in [1.807, 2.05) is 0 Å². The minimum Gasteiger partial charge on any atom is -0.377 e. The highest BCUT2D eigenvalue weighted by Gasteiger charge is 2.31. The molecule has 0 spiro atoms. The highest BCUT2D eigenvalue weighted by Crippen LogP contribution is 2.38. The van der Waals surface area contributed by atoms with Crippen molar-refractivity contribution < 1.29 is 4.74 Å². The molecule has 0 amide bonds. The van der Waals surface area contributed by atoms with Crippen LogP contribution < -0.4 is 0 Å². The number of hydrogen-bond donors (Lipinski definition) is 0. The van der Waals surface area contributed by atoms with E-state index >= 15 is 0 Å². The Kier molecular flexibility index (Phi) is 7.90. The number of ether oxygens (including phenoxy) is 1. The molecule has 2 atom stereocenters. The van der Waals surface area contributed by atoms with Gasteiger partial charge in [0.15, 0.2) is 0 Å². The van der Waals surface area contributed by atoms with Crippen molar-refractivity contribution in [3.63, 3.8) is 0 Å².